The number of aryl methyl sites for hydroxylation is 2. The second-order valence-electron chi connectivity index (χ2n) is 7.49. The van der Waals surface area contributed by atoms with Crippen molar-refractivity contribution in [3.63, 3.8) is 0 Å². The summed E-state index contributed by atoms with van der Waals surface area (Å²) >= 11 is 18.4. The molecule has 0 bridgehead atoms. The van der Waals surface area contributed by atoms with Gasteiger partial charge in [0.15, 0.2) is 0 Å². The largest absolute Gasteiger partial charge is 0.459 e. The van der Waals surface area contributed by atoms with Gasteiger partial charge in [-0.1, -0.05) is 40.9 Å². The monoisotopic (exact) mass is 441 g/mol. The van der Waals surface area contributed by atoms with E-state index in [1.54, 1.807) is 26.8 Å². The van der Waals surface area contributed by atoms with E-state index in [0.717, 1.165) is 11.1 Å². The van der Waals surface area contributed by atoms with Gasteiger partial charge in [-0.15, -0.1) is 0 Å². The Morgan fingerprint density at radius 1 is 0.964 bits per heavy atom. The van der Waals surface area contributed by atoms with Crippen LogP contribution in [0.3, 0.4) is 0 Å². The summed E-state index contributed by atoms with van der Waals surface area (Å²) in [6.45, 7) is 8.90. The number of anilines is 1. The van der Waals surface area contributed by atoms with Crippen molar-refractivity contribution in [2.24, 2.45) is 0 Å². The first-order valence-corrected chi connectivity index (χ1v) is 9.78. The third-order valence-corrected chi connectivity index (χ3v) is 4.79. The molecule has 0 aliphatic heterocycles. The number of amides is 1. The Hall–Kier alpha value is -1.75. The van der Waals surface area contributed by atoms with Crippen LogP contribution in [0.2, 0.25) is 15.1 Å². The van der Waals surface area contributed by atoms with Crippen LogP contribution >= 0.6 is 34.8 Å². The van der Waals surface area contributed by atoms with Gasteiger partial charge in [-0.3, -0.25) is 14.5 Å². The van der Waals surface area contributed by atoms with Gasteiger partial charge >= 0.3 is 5.97 Å². The Kier molecular flexibility index (Phi) is 7.02. The molecule has 0 fully saturated rings. The molecule has 7 heteroatoms. The third kappa shape index (κ3) is 5.63. The predicted octanol–water partition coefficient (Wildman–Crippen LogP) is 6.25. The minimum Gasteiger partial charge on any atom is -0.459 e. The number of hydrogen-bond acceptors (Lipinski definition) is 3. The van der Waals surface area contributed by atoms with Crippen molar-refractivity contribution in [2.45, 2.75) is 40.2 Å². The molecule has 0 aromatic heterocycles. The Bertz CT molecular complexity index is 897. The number of esters is 1. The highest BCUT2D eigenvalue weighted by Gasteiger charge is 2.27. The second kappa shape index (κ2) is 8.73. The molecule has 0 saturated carbocycles. The Labute approximate surface area is 180 Å². The van der Waals surface area contributed by atoms with E-state index in [2.05, 4.69) is 0 Å². The van der Waals surface area contributed by atoms with E-state index < -0.39 is 17.5 Å². The molecule has 150 valence electrons. The molecule has 0 spiro atoms. The first kappa shape index (κ1) is 22.5. The molecule has 2 aromatic carbocycles. The van der Waals surface area contributed by atoms with Gasteiger partial charge in [-0.2, -0.15) is 0 Å². The second-order valence-corrected chi connectivity index (χ2v) is 8.74. The van der Waals surface area contributed by atoms with E-state index >= 15 is 0 Å². The van der Waals surface area contributed by atoms with Gasteiger partial charge in [-0.25, -0.2) is 0 Å². The molecule has 4 nitrogen and oxygen atoms in total. The summed E-state index contributed by atoms with van der Waals surface area (Å²) in [5.74, 6) is -1.05. The fraction of sp³-hybridized carbons (Fsp3) is 0.333. The van der Waals surface area contributed by atoms with Crippen LogP contribution in [0, 0.1) is 13.8 Å². The molecule has 0 aliphatic carbocycles. The smallest absolute Gasteiger partial charge is 0.326 e. The van der Waals surface area contributed by atoms with Crippen LogP contribution in [0.5, 0.6) is 0 Å². The lowest BCUT2D eigenvalue weighted by Crippen LogP contribution is -2.39. The van der Waals surface area contributed by atoms with Crippen LogP contribution in [-0.4, -0.2) is 24.0 Å². The summed E-state index contributed by atoms with van der Waals surface area (Å²) in [4.78, 5) is 27.1. The van der Waals surface area contributed by atoms with Gasteiger partial charge in [0.1, 0.15) is 12.1 Å². The van der Waals surface area contributed by atoms with Gasteiger partial charge in [0, 0.05) is 10.7 Å². The van der Waals surface area contributed by atoms with E-state index in [1.165, 1.54) is 17.0 Å². The SMILES string of the molecule is Cc1ccc(N(CC(=O)OC(C)(C)C)C(=O)c2c(Cl)cc(Cl)cc2Cl)cc1C. The zero-order chi connectivity index (χ0) is 21.2. The van der Waals surface area contributed by atoms with E-state index in [4.69, 9.17) is 39.5 Å². The molecule has 0 atom stereocenters. The molecule has 0 unspecified atom stereocenters. The number of hydrogen-bond donors (Lipinski definition) is 0. The molecule has 1 amide bonds. The number of ether oxygens (including phenoxy) is 1. The topological polar surface area (TPSA) is 46.6 Å². The van der Waals surface area contributed by atoms with Crippen molar-refractivity contribution in [2.75, 3.05) is 11.4 Å². The van der Waals surface area contributed by atoms with Crippen molar-refractivity contribution >= 4 is 52.4 Å². The maximum Gasteiger partial charge on any atom is 0.326 e. The number of benzene rings is 2. The highest BCUT2D eigenvalue weighted by atomic mass is 35.5. The van der Waals surface area contributed by atoms with Crippen LogP contribution in [0.15, 0.2) is 30.3 Å². The molecular weight excluding hydrogens is 421 g/mol. The summed E-state index contributed by atoms with van der Waals surface area (Å²) < 4.78 is 5.39. The maximum atomic E-state index is 13.3. The average molecular weight is 443 g/mol. The first-order chi connectivity index (χ1) is 12.9. The molecule has 0 N–H and O–H groups in total. The van der Waals surface area contributed by atoms with Crippen LogP contribution in [0.25, 0.3) is 0 Å². The predicted molar refractivity (Wildman–Crippen MR) is 115 cm³/mol. The lowest BCUT2D eigenvalue weighted by atomic mass is 10.1. The highest BCUT2D eigenvalue weighted by Crippen LogP contribution is 2.32. The average Bonchev–Trinajstić information content (AvgIpc) is 2.52. The maximum absolute atomic E-state index is 13.3. The standard InChI is InChI=1S/C21H22Cl3NO3/c1-12-6-7-15(8-13(12)2)25(11-18(26)28-21(3,4)5)20(27)19-16(23)9-14(22)10-17(19)24/h6-10H,11H2,1-5H3. The molecule has 2 aromatic rings. The Balaban J connectivity index is 2.50. The van der Waals surface area contributed by atoms with Crippen molar-refractivity contribution in [1.29, 1.82) is 0 Å². The molecule has 28 heavy (non-hydrogen) atoms. The minimum atomic E-state index is -0.676. The third-order valence-electron chi connectivity index (χ3n) is 3.98. The van der Waals surface area contributed by atoms with Gasteiger partial charge < -0.3 is 4.74 Å². The van der Waals surface area contributed by atoms with Gasteiger partial charge in [0.05, 0.1) is 15.6 Å². The lowest BCUT2D eigenvalue weighted by molar-refractivity contribution is -0.152. The number of rotatable bonds is 4. The fourth-order valence-electron chi connectivity index (χ4n) is 2.56. The molecule has 2 rings (SSSR count). The van der Waals surface area contributed by atoms with Gasteiger partial charge in [0.2, 0.25) is 0 Å². The fourth-order valence-corrected chi connectivity index (χ4v) is 3.54. The molecule has 0 radical (unpaired) electrons. The van der Waals surface area contributed by atoms with Crippen molar-refractivity contribution in [1.82, 2.24) is 0 Å². The molecule has 0 saturated heterocycles. The zero-order valence-electron chi connectivity index (χ0n) is 16.4. The lowest BCUT2D eigenvalue weighted by Gasteiger charge is -2.26. The first-order valence-electron chi connectivity index (χ1n) is 8.64. The summed E-state index contributed by atoms with van der Waals surface area (Å²) in [5, 5.41) is 0.539. The Morgan fingerprint density at radius 3 is 2.04 bits per heavy atom. The minimum absolute atomic E-state index is 0.0783. The summed E-state index contributed by atoms with van der Waals surface area (Å²) in [7, 11) is 0. The van der Waals surface area contributed by atoms with E-state index in [0.29, 0.717) is 10.7 Å². The number of nitrogens with zero attached hydrogens (tertiary/aromatic N) is 1. The van der Waals surface area contributed by atoms with Crippen LogP contribution in [0.1, 0.15) is 42.3 Å². The number of halogens is 3. The summed E-state index contributed by atoms with van der Waals surface area (Å²) in [6.07, 6.45) is 0. The highest BCUT2D eigenvalue weighted by molar-refractivity contribution is 6.42. The van der Waals surface area contributed by atoms with Crippen molar-refractivity contribution < 1.29 is 14.3 Å². The quantitative estimate of drug-likeness (QED) is 0.526. The van der Waals surface area contributed by atoms with Gasteiger partial charge in [-0.05, 0) is 70.0 Å². The van der Waals surface area contributed by atoms with E-state index in [-0.39, 0.29) is 22.2 Å². The van der Waals surface area contributed by atoms with Crippen LogP contribution in [-0.2, 0) is 9.53 Å². The summed E-state index contributed by atoms with van der Waals surface area (Å²) in [5.41, 5.74) is 1.99. The van der Waals surface area contributed by atoms with Crippen LogP contribution < -0.4 is 4.90 Å². The molecule has 0 heterocycles. The number of carbonyl (C=O) groups is 2. The van der Waals surface area contributed by atoms with Gasteiger partial charge in [0.25, 0.3) is 5.91 Å². The molecular formula is C21H22Cl3NO3. The normalized spacial score (nSPS) is 11.3. The van der Waals surface area contributed by atoms with Crippen molar-refractivity contribution in [3.05, 3.63) is 62.1 Å². The Morgan fingerprint density at radius 2 is 1.54 bits per heavy atom. The van der Waals surface area contributed by atoms with E-state index in [1.807, 2.05) is 26.0 Å². The van der Waals surface area contributed by atoms with E-state index in [9.17, 15) is 9.59 Å². The summed E-state index contributed by atoms with van der Waals surface area (Å²) in [6, 6.07) is 8.35. The van der Waals surface area contributed by atoms with Crippen molar-refractivity contribution in [3.8, 4) is 0 Å². The molecule has 0 aliphatic rings. The van der Waals surface area contributed by atoms with Crippen LogP contribution in [0.4, 0.5) is 5.69 Å². The zero-order valence-corrected chi connectivity index (χ0v) is 18.7. The number of carbonyl (C=O) groups excluding carboxylic acids is 2.